The van der Waals surface area contributed by atoms with Crippen molar-refractivity contribution in [3.05, 3.63) is 126 Å². The number of likely N-dealkylation sites (N-methyl/N-ethyl adjacent to an activating group) is 2. The molecule has 31 heteroatoms. The number of carbonyl (C=O) groups excluding carboxylic acids is 3. The quantitative estimate of drug-likeness (QED) is 0.0270. The van der Waals surface area contributed by atoms with Gasteiger partial charge in [0, 0.05) is 138 Å². The van der Waals surface area contributed by atoms with Crippen LogP contribution in [0.15, 0.2) is 82.6 Å². The number of carbonyl (C=O) groups is 3. The Morgan fingerprint density at radius 3 is 1.16 bits per heavy atom. The van der Waals surface area contributed by atoms with E-state index in [-0.39, 0.29) is 119 Å². The molecule has 0 unspecified atom stereocenters. The van der Waals surface area contributed by atoms with Gasteiger partial charge in [-0.05, 0) is 135 Å². The number of benzene rings is 4. The van der Waals surface area contributed by atoms with Gasteiger partial charge in [0.15, 0.2) is 0 Å². The van der Waals surface area contributed by atoms with Crippen LogP contribution in [0.1, 0.15) is 64.5 Å². The highest BCUT2D eigenvalue weighted by Gasteiger charge is 2.30. The van der Waals surface area contributed by atoms with Gasteiger partial charge in [-0.25, -0.2) is 40.7 Å². The fourth-order valence-electron chi connectivity index (χ4n) is 11.1. The fraction of sp³-hybridized carbons (Fsp3) is 0.585. The van der Waals surface area contributed by atoms with Crippen molar-refractivity contribution in [2.75, 3.05) is 206 Å². The fourth-order valence-corrected chi connectivity index (χ4v) is 14.4. The van der Waals surface area contributed by atoms with Crippen LogP contribution in [0.4, 0.5) is 14.4 Å². The summed E-state index contributed by atoms with van der Waals surface area (Å²) < 4.78 is 91.8. The van der Waals surface area contributed by atoms with E-state index in [1.165, 1.54) is 0 Å². The van der Waals surface area contributed by atoms with E-state index < -0.39 is 20.0 Å². The molecule has 2 aliphatic rings. The minimum Gasteiger partial charge on any atom is -0.378 e. The molecule has 6 rings (SSSR count). The third-order valence-corrected chi connectivity index (χ3v) is 20.1. The van der Waals surface area contributed by atoms with Crippen LogP contribution < -0.4 is 31.1 Å². The highest BCUT2D eigenvalue weighted by Crippen LogP contribution is 2.40. The van der Waals surface area contributed by atoms with E-state index in [1.54, 1.807) is 84.4 Å². The Labute approximate surface area is 587 Å². The van der Waals surface area contributed by atoms with Crippen molar-refractivity contribution in [2.45, 2.75) is 54.0 Å². The Balaban J connectivity index is 0.827. The minimum atomic E-state index is -3.83. The molecule has 4 aromatic rings. The van der Waals surface area contributed by atoms with Crippen LogP contribution in [-0.4, -0.2) is 270 Å². The van der Waals surface area contributed by atoms with E-state index in [2.05, 4.69) is 40.1 Å². The number of hydrogen-bond donors (Lipinski definition) is 6. The number of amides is 6. The molecule has 0 saturated heterocycles. The number of nitrogens with one attached hydrogen (secondary N) is 5. The smallest absolute Gasteiger partial charge is 0.317 e. The molecule has 2 atom stereocenters. The van der Waals surface area contributed by atoms with Gasteiger partial charge in [0.25, 0.3) is 0 Å². The first-order valence-corrected chi connectivity index (χ1v) is 36.9. The Morgan fingerprint density at radius 1 is 0.479 bits per heavy atom. The first-order valence-electron chi connectivity index (χ1n) is 32.4. The first kappa shape index (κ1) is 80.2. The number of ether oxygens (including phenoxy) is 6. The lowest BCUT2D eigenvalue weighted by Crippen LogP contribution is -2.42. The molecule has 0 saturated carbocycles. The van der Waals surface area contributed by atoms with Gasteiger partial charge in [0.05, 0.1) is 89.1 Å². The second-order valence-electron chi connectivity index (χ2n) is 23.7. The third-order valence-electron chi connectivity index (χ3n) is 16.1. The van der Waals surface area contributed by atoms with Crippen molar-refractivity contribution in [1.82, 2.24) is 54.8 Å². The highest BCUT2D eigenvalue weighted by atomic mass is 35.5. The molecule has 0 radical (unpaired) electrons. The van der Waals surface area contributed by atoms with Gasteiger partial charge in [0.2, 0.25) is 20.0 Å². The molecule has 7 N–H and O–H groups in total. The maximum Gasteiger partial charge on any atom is 0.317 e. The summed E-state index contributed by atoms with van der Waals surface area (Å²) in [5.41, 5.74) is 11.1. The molecule has 536 valence electrons. The molecule has 96 heavy (non-hydrogen) atoms. The van der Waals surface area contributed by atoms with Crippen molar-refractivity contribution in [2.24, 2.45) is 5.73 Å². The summed E-state index contributed by atoms with van der Waals surface area (Å²) in [6.07, 6.45) is 2.03. The molecule has 4 aromatic carbocycles. The van der Waals surface area contributed by atoms with E-state index in [1.807, 2.05) is 38.4 Å². The zero-order valence-corrected chi connectivity index (χ0v) is 60.6. The summed E-state index contributed by atoms with van der Waals surface area (Å²) in [6.45, 7) is 11.0. The van der Waals surface area contributed by atoms with Crippen molar-refractivity contribution in [3.8, 4) is 0 Å². The molecule has 2 heterocycles. The Kier molecular flexibility index (Phi) is 35.4. The van der Waals surface area contributed by atoms with Crippen molar-refractivity contribution >= 4 is 84.5 Å². The van der Waals surface area contributed by atoms with Gasteiger partial charge in [-0.3, -0.25) is 0 Å². The molecule has 6 amide bonds. The van der Waals surface area contributed by atoms with Crippen LogP contribution >= 0.6 is 46.4 Å². The lowest BCUT2D eigenvalue weighted by Gasteiger charge is -2.33. The number of nitrogens with two attached hydrogens (primary N) is 1. The van der Waals surface area contributed by atoms with Crippen LogP contribution in [0.25, 0.3) is 0 Å². The molecular weight excluding hydrogens is 1360 g/mol. The lowest BCUT2D eigenvalue weighted by atomic mass is 9.85. The molecule has 0 aromatic heterocycles. The number of fused-ring (bicyclic) bond motifs is 2. The summed E-state index contributed by atoms with van der Waals surface area (Å²) in [5, 5.41) is 10.9. The molecular formula is C65H98Cl4N12O13S2. The number of halogens is 4. The molecule has 0 fully saturated rings. The molecule has 0 bridgehead atoms. The van der Waals surface area contributed by atoms with Gasteiger partial charge < -0.3 is 79.5 Å². The normalized spacial score (nSPS) is 15.1. The summed E-state index contributed by atoms with van der Waals surface area (Å²) in [6, 6.07) is 20.4. The maximum absolute atomic E-state index is 13.3. The second-order valence-corrected chi connectivity index (χ2v) is 28.9. The monoisotopic (exact) mass is 1460 g/mol. The van der Waals surface area contributed by atoms with E-state index >= 15 is 0 Å². The molecule has 0 aliphatic carbocycles. The van der Waals surface area contributed by atoms with Crippen LogP contribution in [0.5, 0.6) is 0 Å². The molecule has 0 spiro atoms. The average molecular weight is 1460 g/mol. The Hall–Kier alpha value is -4.73. The largest absolute Gasteiger partial charge is 0.378 e. The summed E-state index contributed by atoms with van der Waals surface area (Å²) in [4.78, 5) is 50.6. The van der Waals surface area contributed by atoms with Gasteiger partial charge in [-0.1, -0.05) is 70.7 Å². The predicted octanol–water partition coefficient (Wildman–Crippen LogP) is 6.17. The van der Waals surface area contributed by atoms with Crippen molar-refractivity contribution in [1.29, 1.82) is 0 Å². The number of hydrogen-bond acceptors (Lipinski definition) is 17. The topological polar surface area (TPSA) is 280 Å². The van der Waals surface area contributed by atoms with E-state index in [0.29, 0.717) is 144 Å². The molecule has 2 aliphatic heterocycles. The summed E-state index contributed by atoms with van der Waals surface area (Å²) in [5.74, 6) is -0.222. The number of nitrogens with zero attached hydrogens (tertiary/aromatic N) is 6. The van der Waals surface area contributed by atoms with E-state index in [4.69, 9.17) is 80.6 Å². The third kappa shape index (κ3) is 27.4. The van der Waals surface area contributed by atoms with Gasteiger partial charge in [-0.2, -0.15) is 0 Å². The van der Waals surface area contributed by atoms with Crippen LogP contribution in [-0.2, 0) is 61.6 Å². The predicted molar refractivity (Wildman–Crippen MR) is 375 cm³/mol. The van der Waals surface area contributed by atoms with Gasteiger partial charge >= 0.3 is 18.1 Å². The van der Waals surface area contributed by atoms with E-state index in [0.717, 1.165) is 33.4 Å². The second kappa shape index (κ2) is 42.4. The minimum absolute atomic E-state index is 0.0626. The number of urea groups is 3. The average Bonchev–Trinajstić information content (AvgIpc) is 0.783. The van der Waals surface area contributed by atoms with Crippen LogP contribution in [0, 0.1) is 0 Å². The van der Waals surface area contributed by atoms with Crippen molar-refractivity contribution < 1.29 is 59.6 Å². The zero-order chi connectivity index (χ0) is 69.5. The zero-order valence-electron chi connectivity index (χ0n) is 55.9. The van der Waals surface area contributed by atoms with Crippen LogP contribution in [0.2, 0.25) is 20.1 Å². The molecule has 25 nitrogen and oxygen atoms in total. The van der Waals surface area contributed by atoms with Gasteiger partial charge in [0.1, 0.15) is 0 Å². The Bertz CT molecular complexity index is 3110. The van der Waals surface area contributed by atoms with Gasteiger partial charge in [-0.15, -0.1) is 0 Å². The van der Waals surface area contributed by atoms with Crippen LogP contribution in [0.3, 0.4) is 0 Å². The number of rotatable bonds is 44. The highest BCUT2D eigenvalue weighted by molar-refractivity contribution is 7.89. The van der Waals surface area contributed by atoms with E-state index in [9.17, 15) is 31.2 Å². The summed E-state index contributed by atoms with van der Waals surface area (Å²) in [7, 11) is 1.54. The first-order chi connectivity index (χ1) is 46.1. The Morgan fingerprint density at radius 2 is 0.812 bits per heavy atom. The standard InChI is InChI=1S/C65H98Cl4N12O13S2/c1-76-45-57(55-41-51(66)43-61(68)59(55)47-76)49-11-6-13-53(39-49)95(85,86)74-19-31-93-37-35-91-29-17-72-64(83)79(4)22-9-25-81(24-8-21-78(3)63(82)71-16-28-90-34-33-89-27-15-70)26-10-23-80(5)65(84)73-18-30-92-36-38-94-32-20-75-96(87,88)54-14-7-12-50(40-54)58-46-77(2)48-60-56(58)42-52(67)44-62(60)69/h6-7,11-14,39-44,57-58,74-75H,8-10,15-38,45-48,70H2,1-5H3,(H,71,82)(H,72,83)(H,73,84)/t57-,58-/m0/s1. The summed E-state index contributed by atoms with van der Waals surface area (Å²) >= 11 is 25.9. The SMILES string of the molecule is CN1Cc2c(Cl)cc(Cl)cc2[C@H](c2cccc(S(=O)(=O)NCCOCCOCCNC(=O)N(C)CCCN(CCCN(C)C(=O)NCCOCCOCCN)CCCN(C)C(=O)NCCOCCOCCNS(=O)(=O)c3cccc([C@@H]4CN(C)Cc5c(Cl)cc(Cl)cc54)c3)c2)C1. The lowest BCUT2D eigenvalue weighted by molar-refractivity contribution is 0.0513. The number of sulfonamides is 2. The maximum atomic E-state index is 13.3. The van der Waals surface area contributed by atoms with Crippen molar-refractivity contribution in [3.63, 3.8) is 0 Å².